The minimum absolute atomic E-state index is 0.0168. The van der Waals surface area contributed by atoms with Gasteiger partial charge in [0.2, 0.25) is 0 Å². The van der Waals surface area contributed by atoms with Crippen LogP contribution < -0.4 is 0 Å². The Morgan fingerprint density at radius 1 is 1.25 bits per heavy atom. The minimum Gasteiger partial charge on any atom is -0.469 e. The van der Waals surface area contributed by atoms with E-state index in [0.29, 0.717) is 12.8 Å². The molecule has 3 nitrogen and oxygen atoms in total. The van der Waals surface area contributed by atoms with E-state index in [9.17, 15) is 9.90 Å². The number of benzene rings is 1. The van der Waals surface area contributed by atoms with Crippen LogP contribution >= 0.6 is 0 Å². The van der Waals surface area contributed by atoms with E-state index in [0.717, 1.165) is 31.2 Å². The minimum atomic E-state index is -0.673. The van der Waals surface area contributed by atoms with Crippen LogP contribution in [0.4, 0.5) is 0 Å². The van der Waals surface area contributed by atoms with Crippen LogP contribution in [0.5, 0.6) is 0 Å². The second-order valence-electron chi connectivity index (χ2n) is 5.74. The number of hydrogen-bond donors (Lipinski definition) is 1. The molecule has 0 heterocycles. The molecule has 110 valence electrons. The summed E-state index contributed by atoms with van der Waals surface area (Å²) in [5.74, 6) is -0.187. The molecule has 3 heteroatoms. The highest BCUT2D eigenvalue weighted by Gasteiger charge is 2.38. The van der Waals surface area contributed by atoms with Gasteiger partial charge in [0.25, 0.3) is 0 Å². The predicted octanol–water partition coefficient (Wildman–Crippen LogP) is 3.42. The zero-order valence-electron chi connectivity index (χ0n) is 12.2. The Morgan fingerprint density at radius 3 is 2.50 bits per heavy atom. The molecule has 0 aromatic heterocycles. The zero-order valence-corrected chi connectivity index (χ0v) is 12.2. The van der Waals surface area contributed by atoms with Gasteiger partial charge in [-0.15, -0.1) is 0 Å². The maximum absolute atomic E-state index is 11.4. The lowest BCUT2D eigenvalue weighted by Crippen LogP contribution is -2.38. The summed E-state index contributed by atoms with van der Waals surface area (Å²) in [4.78, 5) is 11.4. The first kappa shape index (κ1) is 15.0. The van der Waals surface area contributed by atoms with E-state index in [4.69, 9.17) is 4.74 Å². The van der Waals surface area contributed by atoms with E-state index >= 15 is 0 Å². The largest absolute Gasteiger partial charge is 0.469 e. The summed E-state index contributed by atoms with van der Waals surface area (Å²) in [6, 6.07) is 10.1. The summed E-state index contributed by atoms with van der Waals surface area (Å²) >= 11 is 0. The average molecular weight is 276 g/mol. The Morgan fingerprint density at radius 2 is 1.90 bits per heavy atom. The molecular formula is C17H24O3. The number of ether oxygens (including phenoxy) is 1. The summed E-state index contributed by atoms with van der Waals surface area (Å²) in [6.45, 7) is 0. The zero-order chi connectivity index (χ0) is 14.4. The van der Waals surface area contributed by atoms with Gasteiger partial charge in [-0.1, -0.05) is 49.6 Å². The lowest BCUT2D eigenvalue weighted by atomic mass is 9.71. The van der Waals surface area contributed by atoms with Gasteiger partial charge in [-0.2, -0.15) is 0 Å². The summed E-state index contributed by atoms with van der Waals surface area (Å²) < 4.78 is 4.74. The Bertz CT molecular complexity index is 421. The fraction of sp³-hybridized carbons (Fsp3) is 0.588. The number of esters is 1. The quantitative estimate of drug-likeness (QED) is 0.838. The summed E-state index contributed by atoms with van der Waals surface area (Å²) in [5.41, 5.74) is 0.453. The fourth-order valence-electron chi connectivity index (χ4n) is 3.31. The van der Waals surface area contributed by atoms with E-state index in [-0.39, 0.29) is 11.9 Å². The second kappa shape index (κ2) is 6.89. The van der Waals surface area contributed by atoms with E-state index in [1.165, 1.54) is 13.5 Å². The van der Waals surface area contributed by atoms with E-state index < -0.39 is 5.60 Å². The molecule has 1 N–H and O–H groups in total. The first-order chi connectivity index (χ1) is 9.65. The number of hydrogen-bond acceptors (Lipinski definition) is 3. The molecule has 1 aliphatic rings. The van der Waals surface area contributed by atoms with Gasteiger partial charge in [-0.3, -0.25) is 4.79 Å². The van der Waals surface area contributed by atoms with Crippen molar-refractivity contribution in [2.75, 3.05) is 7.11 Å². The van der Waals surface area contributed by atoms with E-state index in [1.54, 1.807) is 0 Å². The van der Waals surface area contributed by atoms with Gasteiger partial charge in [0, 0.05) is 12.3 Å². The summed E-state index contributed by atoms with van der Waals surface area (Å²) in [6.07, 6.45) is 5.99. The summed E-state index contributed by atoms with van der Waals surface area (Å²) in [5, 5.41) is 11.0. The molecule has 0 radical (unpaired) electrons. The molecule has 1 aromatic rings. The summed E-state index contributed by atoms with van der Waals surface area (Å²) in [7, 11) is 1.41. The third-order valence-corrected chi connectivity index (χ3v) is 4.43. The molecule has 0 amide bonds. The highest BCUT2D eigenvalue weighted by molar-refractivity contribution is 5.69. The Balaban J connectivity index is 2.17. The molecule has 1 aliphatic carbocycles. The number of methoxy groups -OCH3 is 1. The number of aliphatic hydroxyl groups is 1. The molecule has 1 aromatic carbocycles. The Labute approximate surface area is 121 Å². The topological polar surface area (TPSA) is 46.5 Å². The molecule has 1 saturated carbocycles. The number of rotatable bonds is 5. The van der Waals surface area contributed by atoms with Crippen LogP contribution in [0.3, 0.4) is 0 Å². The second-order valence-corrected chi connectivity index (χ2v) is 5.74. The van der Waals surface area contributed by atoms with Crippen molar-refractivity contribution in [3.8, 4) is 0 Å². The van der Waals surface area contributed by atoms with Crippen LogP contribution in [0.15, 0.2) is 30.3 Å². The molecule has 2 rings (SSSR count). The van der Waals surface area contributed by atoms with Crippen molar-refractivity contribution in [1.29, 1.82) is 0 Å². The highest BCUT2D eigenvalue weighted by atomic mass is 16.5. The standard InChI is InChI=1S/C17H24O3/c1-20-16(18)11-10-15(14-8-4-2-5-9-14)17(19)12-6-3-7-13-17/h2,4-5,8-9,15,19H,3,6-7,10-13H2,1H3. The van der Waals surface area contributed by atoms with Crippen molar-refractivity contribution in [3.63, 3.8) is 0 Å². The first-order valence-corrected chi connectivity index (χ1v) is 7.50. The van der Waals surface area contributed by atoms with E-state index in [2.05, 4.69) is 12.1 Å². The normalized spacial score (nSPS) is 19.3. The lowest BCUT2D eigenvalue weighted by Gasteiger charge is -2.39. The Hall–Kier alpha value is -1.35. The van der Waals surface area contributed by atoms with Crippen molar-refractivity contribution < 1.29 is 14.6 Å². The van der Waals surface area contributed by atoms with Crippen LogP contribution in [0.2, 0.25) is 0 Å². The van der Waals surface area contributed by atoms with Crippen molar-refractivity contribution in [3.05, 3.63) is 35.9 Å². The molecule has 0 bridgehead atoms. The van der Waals surface area contributed by atoms with Gasteiger partial charge in [0.15, 0.2) is 0 Å². The highest BCUT2D eigenvalue weighted by Crippen LogP contribution is 2.42. The smallest absolute Gasteiger partial charge is 0.305 e. The molecule has 1 fully saturated rings. The van der Waals surface area contributed by atoms with Crippen molar-refractivity contribution in [2.24, 2.45) is 0 Å². The maximum Gasteiger partial charge on any atom is 0.305 e. The van der Waals surface area contributed by atoms with Gasteiger partial charge in [0.05, 0.1) is 12.7 Å². The van der Waals surface area contributed by atoms with Crippen molar-refractivity contribution in [1.82, 2.24) is 0 Å². The van der Waals surface area contributed by atoms with Crippen LogP contribution in [-0.4, -0.2) is 23.8 Å². The molecule has 0 saturated heterocycles. The third-order valence-electron chi connectivity index (χ3n) is 4.43. The molecular weight excluding hydrogens is 252 g/mol. The molecule has 1 atom stereocenters. The van der Waals surface area contributed by atoms with Gasteiger partial charge < -0.3 is 9.84 Å². The average Bonchev–Trinajstić information content (AvgIpc) is 2.49. The number of carbonyl (C=O) groups is 1. The first-order valence-electron chi connectivity index (χ1n) is 7.50. The molecule has 0 aliphatic heterocycles. The van der Waals surface area contributed by atoms with Gasteiger partial charge in [-0.05, 0) is 24.8 Å². The van der Waals surface area contributed by atoms with Crippen molar-refractivity contribution in [2.45, 2.75) is 56.5 Å². The maximum atomic E-state index is 11.4. The SMILES string of the molecule is COC(=O)CCC(c1ccccc1)C1(O)CCCCC1. The molecule has 20 heavy (non-hydrogen) atoms. The van der Waals surface area contributed by atoms with E-state index in [1.807, 2.05) is 18.2 Å². The monoisotopic (exact) mass is 276 g/mol. The van der Waals surface area contributed by atoms with Crippen LogP contribution in [-0.2, 0) is 9.53 Å². The van der Waals surface area contributed by atoms with Gasteiger partial charge in [-0.25, -0.2) is 0 Å². The third kappa shape index (κ3) is 3.60. The Kier molecular flexibility index (Phi) is 5.18. The molecule has 0 spiro atoms. The van der Waals surface area contributed by atoms with Crippen molar-refractivity contribution >= 4 is 5.97 Å². The predicted molar refractivity (Wildman–Crippen MR) is 78.5 cm³/mol. The van der Waals surface area contributed by atoms with Crippen LogP contribution in [0, 0.1) is 0 Å². The lowest BCUT2D eigenvalue weighted by molar-refractivity contribution is -0.141. The van der Waals surface area contributed by atoms with Crippen LogP contribution in [0.25, 0.3) is 0 Å². The fourth-order valence-corrected chi connectivity index (χ4v) is 3.31. The molecule has 1 unspecified atom stereocenters. The van der Waals surface area contributed by atoms with Gasteiger partial charge >= 0.3 is 5.97 Å². The number of carbonyl (C=O) groups excluding carboxylic acids is 1. The van der Waals surface area contributed by atoms with Gasteiger partial charge in [0.1, 0.15) is 0 Å². The van der Waals surface area contributed by atoms with Crippen LogP contribution in [0.1, 0.15) is 56.4 Å².